The van der Waals surface area contributed by atoms with Gasteiger partial charge >= 0.3 is 6.22 Å². The molecule has 0 amide bonds. The van der Waals surface area contributed by atoms with Crippen molar-refractivity contribution in [2.75, 3.05) is 0 Å². The van der Waals surface area contributed by atoms with Gasteiger partial charge in [0.15, 0.2) is 0 Å². The molecule has 0 N–H and O–H groups in total. The maximum absolute atomic E-state index is 11.5. The highest BCUT2D eigenvalue weighted by Crippen LogP contribution is 2.03. The van der Waals surface area contributed by atoms with Crippen LogP contribution in [-0.4, -0.2) is 12.3 Å². The van der Waals surface area contributed by atoms with Crippen LogP contribution in [0, 0.1) is 0 Å². The Morgan fingerprint density at radius 3 is 2.11 bits per heavy atom. The van der Waals surface area contributed by atoms with Crippen molar-refractivity contribution in [3.05, 3.63) is 0 Å². The summed E-state index contributed by atoms with van der Waals surface area (Å²) in [7, 11) is 0. The number of halogens is 1. The molecule has 0 aromatic rings. The number of carbonyl (C=O) groups is 1. The highest BCUT2D eigenvalue weighted by Gasteiger charge is 2.07. The molecule has 0 aliphatic carbocycles. The van der Waals surface area contributed by atoms with Crippen LogP contribution in [0.1, 0.15) is 26.7 Å². The van der Waals surface area contributed by atoms with Gasteiger partial charge in [-0.3, -0.25) is 0 Å². The van der Waals surface area contributed by atoms with Gasteiger partial charge in [-0.2, -0.15) is 0 Å². The Morgan fingerprint density at radius 1 is 1.56 bits per heavy atom. The summed E-state index contributed by atoms with van der Waals surface area (Å²) in [5.74, 6) is 0. The minimum atomic E-state index is -1.68. The Labute approximate surface area is 54.0 Å². The summed E-state index contributed by atoms with van der Waals surface area (Å²) in [6, 6.07) is 0. The maximum Gasteiger partial charge on any atom is 0.495 e. The standard InChI is InChI=1S/C6H11FO2/c1-3-5(4-2)9-6(7)8/h5H,3-4H2,1-2H3. The second-order valence-corrected chi connectivity index (χ2v) is 1.79. The monoisotopic (exact) mass is 134 g/mol. The first-order chi connectivity index (χ1) is 4.20. The van der Waals surface area contributed by atoms with Gasteiger partial charge in [-0.05, 0) is 12.8 Å². The third-order valence-corrected chi connectivity index (χ3v) is 1.17. The summed E-state index contributed by atoms with van der Waals surface area (Å²) in [5.41, 5.74) is 0. The van der Waals surface area contributed by atoms with Gasteiger partial charge in [0, 0.05) is 0 Å². The van der Waals surface area contributed by atoms with Gasteiger partial charge in [-0.1, -0.05) is 13.8 Å². The van der Waals surface area contributed by atoms with Crippen LogP contribution in [0.4, 0.5) is 9.18 Å². The zero-order valence-electron chi connectivity index (χ0n) is 5.69. The lowest BCUT2D eigenvalue weighted by Gasteiger charge is -2.08. The Kier molecular flexibility index (Phi) is 4.01. The van der Waals surface area contributed by atoms with E-state index >= 15 is 0 Å². The molecule has 0 aromatic heterocycles. The number of ether oxygens (including phenoxy) is 1. The van der Waals surface area contributed by atoms with Gasteiger partial charge in [0.2, 0.25) is 0 Å². The molecular formula is C6H11FO2. The first-order valence-corrected chi connectivity index (χ1v) is 3.06. The average molecular weight is 134 g/mol. The largest absolute Gasteiger partial charge is 0.495 e. The molecule has 0 heterocycles. The molecule has 0 aliphatic heterocycles. The van der Waals surface area contributed by atoms with Crippen molar-refractivity contribution in [2.24, 2.45) is 0 Å². The number of hydrogen-bond donors (Lipinski definition) is 0. The van der Waals surface area contributed by atoms with Crippen LogP contribution < -0.4 is 0 Å². The third-order valence-electron chi connectivity index (χ3n) is 1.17. The van der Waals surface area contributed by atoms with E-state index in [1.54, 1.807) is 0 Å². The van der Waals surface area contributed by atoms with Gasteiger partial charge < -0.3 is 4.74 Å². The molecule has 0 aliphatic rings. The molecule has 2 nitrogen and oxygen atoms in total. The fourth-order valence-electron chi connectivity index (χ4n) is 0.586. The fourth-order valence-corrected chi connectivity index (χ4v) is 0.586. The lowest BCUT2D eigenvalue weighted by Crippen LogP contribution is -2.11. The summed E-state index contributed by atoms with van der Waals surface area (Å²) in [5, 5.41) is 0. The van der Waals surface area contributed by atoms with Crippen LogP contribution in [0.2, 0.25) is 0 Å². The zero-order chi connectivity index (χ0) is 7.28. The van der Waals surface area contributed by atoms with E-state index in [1.165, 1.54) is 0 Å². The van der Waals surface area contributed by atoms with E-state index in [2.05, 4.69) is 4.74 Å². The predicted molar refractivity (Wildman–Crippen MR) is 32.0 cm³/mol. The van der Waals surface area contributed by atoms with E-state index < -0.39 is 6.22 Å². The van der Waals surface area contributed by atoms with Crippen molar-refractivity contribution in [2.45, 2.75) is 32.8 Å². The quantitative estimate of drug-likeness (QED) is 0.553. The molecule has 0 saturated carbocycles. The van der Waals surface area contributed by atoms with Crippen LogP contribution in [0.3, 0.4) is 0 Å². The van der Waals surface area contributed by atoms with Crippen molar-refractivity contribution < 1.29 is 13.9 Å². The zero-order valence-corrected chi connectivity index (χ0v) is 5.69. The predicted octanol–water partition coefficient (Wildman–Crippen LogP) is 2.28. The summed E-state index contributed by atoms with van der Waals surface area (Å²) in [6.07, 6.45) is -0.579. The molecule has 9 heavy (non-hydrogen) atoms. The Hall–Kier alpha value is -0.600. The number of carbonyl (C=O) groups excluding carboxylic acids is 1. The summed E-state index contributed by atoms with van der Waals surface area (Å²) >= 11 is 0. The second-order valence-electron chi connectivity index (χ2n) is 1.79. The van der Waals surface area contributed by atoms with Gasteiger partial charge in [-0.25, -0.2) is 4.79 Å². The minimum absolute atomic E-state index is 0.248. The van der Waals surface area contributed by atoms with Gasteiger partial charge in [0.05, 0.1) is 0 Å². The third kappa shape index (κ3) is 3.94. The topological polar surface area (TPSA) is 26.3 Å². The Balaban J connectivity index is 3.43. The molecule has 0 radical (unpaired) electrons. The molecular weight excluding hydrogens is 123 g/mol. The second kappa shape index (κ2) is 4.30. The van der Waals surface area contributed by atoms with Crippen LogP contribution in [0.25, 0.3) is 0 Å². The van der Waals surface area contributed by atoms with Crippen molar-refractivity contribution in [3.63, 3.8) is 0 Å². The molecule has 0 spiro atoms. The van der Waals surface area contributed by atoms with E-state index in [0.717, 1.165) is 0 Å². The first-order valence-electron chi connectivity index (χ1n) is 3.06. The molecule has 0 atom stereocenters. The SMILES string of the molecule is CCC(CC)OC(=O)F. The van der Waals surface area contributed by atoms with Gasteiger partial charge in [0.1, 0.15) is 6.10 Å². The normalized spacial score (nSPS) is 9.78. The number of hydrogen-bond acceptors (Lipinski definition) is 2. The van der Waals surface area contributed by atoms with Crippen molar-refractivity contribution in [1.29, 1.82) is 0 Å². The molecule has 0 unspecified atom stereocenters. The van der Waals surface area contributed by atoms with Gasteiger partial charge in [0.25, 0.3) is 0 Å². The van der Waals surface area contributed by atoms with Gasteiger partial charge in [-0.15, -0.1) is 4.39 Å². The molecule has 54 valence electrons. The smallest absolute Gasteiger partial charge is 0.437 e. The maximum atomic E-state index is 11.5. The lowest BCUT2D eigenvalue weighted by atomic mass is 10.2. The van der Waals surface area contributed by atoms with Crippen molar-refractivity contribution >= 4 is 6.22 Å². The molecule has 0 bridgehead atoms. The van der Waals surface area contributed by atoms with Crippen molar-refractivity contribution in [1.82, 2.24) is 0 Å². The van der Waals surface area contributed by atoms with E-state index in [0.29, 0.717) is 12.8 Å². The highest BCUT2D eigenvalue weighted by molar-refractivity contribution is 5.58. The molecule has 0 fully saturated rings. The lowest BCUT2D eigenvalue weighted by molar-refractivity contribution is 0.0719. The van der Waals surface area contributed by atoms with E-state index in [4.69, 9.17) is 0 Å². The summed E-state index contributed by atoms with van der Waals surface area (Å²) in [4.78, 5) is 9.68. The van der Waals surface area contributed by atoms with Crippen LogP contribution in [-0.2, 0) is 4.74 Å². The molecule has 0 aromatic carbocycles. The first kappa shape index (κ1) is 8.40. The molecule has 3 heteroatoms. The summed E-state index contributed by atoms with van der Waals surface area (Å²) < 4.78 is 15.7. The van der Waals surface area contributed by atoms with E-state index in [-0.39, 0.29) is 6.10 Å². The fraction of sp³-hybridized carbons (Fsp3) is 0.833. The van der Waals surface area contributed by atoms with Crippen molar-refractivity contribution in [3.8, 4) is 0 Å². The Bertz CT molecular complexity index is 89.1. The highest BCUT2D eigenvalue weighted by atomic mass is 19.1. The van der Waals surface area contributed by atoms with E-state index in [9.17, 15) is 9.18 Å². The molecule has 0 rings (SSSR count). The number of rotatable bonds is 3. The van der Waals surface area contributed by atoms with Crippen LogP contribution in [0.15, 0.2) is 0 Å². The molecule has 0 saturated heterocycles. The average Bonchev–Trinajstić information content (AvgIpc) is 1.82. The van der Waals surface area contributed by atoms with Crippen LogP contribution in [0.5, 0.6) is 0 Å². The summed E-state index contributed by atoms with van der Waals surface area (Å²) in [6.45, 7) is 3.69. The van der Waals surface area contributed by atoms with Crippen LogP contribution >= 0.6 is 0 Å². The minimum Gasteiger partial charge on any atom is -0.437 e. The Morgan fingerprint density at radius 2 is 2.00 bits per heavy atom. The van der Waals surface area contributed by atoms with E-state index in [1.807, 2.05) is 13.8 Å².